The molecule has 0 radical (unpaired) electrons. The zero-order chi connectivity index (χ0) is 11.8. The number of rotatable bonds is 5. The Kier molecular flexibility index (Phi) is 5.87. The van der Waals surface area contributed by atoms with Crippen molar-refractivity contribution < 1.29 is 4.79 Å². The molecule has 0 saturated heterocycles. The van der Waals surface area contributed by atoms with Crippen LogP contribution in [-0.4, -0.2) is 25.0 Å². The molecule has 1 amide bonds. The number of carbonyl (C=O) groups excluding carboxylic acids is 1. The molecular formula is C12H21N3O. The van der Waals surface area contributed by atoms with E-state index in [1.54, 1.807) is 0 Å². The summed E-state index contributed by atoms with van der Waals surface area (Å²) in [5, 5.41) is 14.1. The first kappa shape index (κ1) is 13.0. The van der Waals surface area contributed by atoms with Gasteiger partial charge < -0.3 is 10.6 Å². The molecule has 0 aliphatic heterocycles. The summed E-state index contributed by atoms with van der Waals surface area (Å²) < 4.78 is 0. The minimum absolute atomic E-state index is 0.0933. The first-order chi connectivity index (χ1) is 7.74. The quantitative estimate of drug-likeness (QED) is 0.688. The van der Waals surface area contributed by atoms with Gasteiger partial charge in [0.25, 0.3) is 0 Å². The van der Waals surface area contributed by atoms with Crippen LogP contribution in [0.4, 0.5) is 0 Å². The minimum Gasteiger partial charge on any atom is -0.342 e. The maximum Gasteiger partial charge on any atom is 0.234 e. The Bertz CT molecular complexity index is 253. The van der Waals surface area contributed by atoms with Crippen LogP contribution in [0, 0.1) is 17.2 Å². The third kappa shape index (κ3) is 4.63. The fourth-order valence-electron chi connectivity index (χ4n) is 2.26. The van der Waals surface area contributed by atoms with Crippen molar-refractivity contribution in [3.05, 3.63) is 0 Å². The Labute approximate surface area is 97.4 Å². The maximum atomic E-state index is 11.3. The highest BCUT2D eigenvalue weighted by Gasteiger charge is 2.19. The standard InChI is InChI=1S/C12H21N3O/c1-10(11-5-3-2-4-6-11)15-9-12(16)14-8-7-13/h10-11,15H,2-6,8-9H2,1H3,(H,14,16). The van der Waals surface area contributed by atoms with Gasteiger partial charge in [-0.15, -0.1) is 0 Å². The van der Waals surface area contributed by atoms with Crippen LogP contribution < -0.4 is 10.6 Å². The van der Waals surface area contributed by atoms with E-state index in [0.29, 0.717) is 18.5 Å². The van der Waals surface area contributed by atoms with Crippen LogP contribution in [-0.2, 0) is 4.79 Å². The molecule has 0 aromatic carbocycles. The third-order valence-corrected chi connectivity index (χ3v) is 3.31. The van der Waals surface area contributed by atoms with Crippen LogP contribution in [0.1, 0.15) is 39.0 Å². The zero-order valence-corrected chi connectivity index (χ0v) is 9.96. The van der Waals surface area contributed by atoms with Gasteiger partial charge in [-0.1, -0.05) is 19.3 Å². The Balaban J connectivity index is 2.16. The lowest BCUT2D eigenvalue weighted by molar-refractivity contribution is -0.120. The van der Waals surface area contributed by atoms with Crippen molar-refractivity contribution in [2.75, 3.05) is 13.1 Å². The minimum atomic E-state index is -0.0933. The molecule has 1 atom stereocenters. The van der Waals surface area contributed by atoms with Crippen LogP contribution in [0.15, 0.2) is 0 Å². The zero-order valence-electron chi connectivity index (χ0n) is 9.96. The van der Waals surface area contributed by atoms with E-state index in [4.69, 9.17) is 5.26 Å². The normalized spacial score (nSPS) is 18.8. The van der Waals surface area contributed by atoms with Gasteiger partial charge in [0.2, 0.25) is 5.91 Å². The molecule has 1 rings (SSSR count). The summed E-state index contributed by atoms with van der Waals surface area (Å²) in [6.07, 6.45) is 6.53. The molecule has 90 valence electrons. The lowest BCUT2D eigenvalue weighted by atomic mass is 9.84. The Hall–Kier alpha value is -1.08. The van der Waals surface area contributed by atoms with E-state index in [-0.39, 0.29) is 12.5 Å². The molecule has 0 spiro atoms. The number of nitrogens with zero attached hydrogens (tertiary/aromatic N) is 1. The Morgan fingerprint density at radius 3 is 2.75 bits per heavy atom. The van der Waals surface area contributed by atoms with Gasteiger partial charge in [0.05, 0.1) is 12.6 Å². The van der Waals surface area contributed by atoms with Crippen molar-refractivity contribution in [2.24, 2.45) is 5.92 Å². The summed E-state index contributed by atoms with van der Waals surface area (Å²) in [6.45, 7) is 2.56. The van der Waals surface area contributed by atoms with Crippen molar-refractivity contribution in [3.63, 3.8) is 0 Å². The van der Waals surface area contributed by atoms with Gasteiger partial charge in [-0.3, -0.25) is 4.79 Å². The van der Waals surface area contributed by atoms with E-state index in [0.717, 1.165) is 0 Å². The molecule has 4 nitrogen and oxygen atoms in total. The summed E-state index contributed by atoms with van der Waals surface area (Å²) in [6, 6.07) is 2.29. The van der Waals surface area contributed by atoms with Gasteiger partial charge in [-0.05, 0) is 25.7 Å². The fourth-order valence-corrected chi connectivity index (χ4v) is 2.26. The molecule has 2 N–H and O–H groups in total. The molecule has 1 unspecified atom stereocenters. The predicted octanol–water partition coefficient (Wildman–Crippen LogP) is 1.18. The lowest BCUT2D eigenvalue weighted by Gasteiger charge is -2.28. The summed E-state index contributed by atoms with van der Waals surface area (Å²) in [7, 11) is 0. The van der Waals surface area contributed by atoms with E-state index < -0.39 is 0 Å². The molecule has 1 aliphatic rings. The molecule has 0 heterocycles. The highest BCUT2D eigenvalue weighted by Crippen LogP contribution is 2.26. The van der Waals surface area contributed by atoms with E-state index >= 15 is 0 Å². The van der Waals surface area contributed by atoms with Gasteiger partial charge in [0.15, 0.2) is 0 Å². The molecule has 0 aromatic rings. The maximum absolute atomic E-state index is 11.3. The molecule has 4 heteroatoms. The molecule has 0 aromatic heterocycles. The lowest BCUT2D eigenvalue weighted by Crippen LogP contribution is -2.41. The van der Waals surface area contributed by atoms with Gasteiger partial charge in [0.1, 0.15) is 6.54 Å². The van der Waals surface area contributed by atoms with Crippen molar-refractivity contribution in [2.45, 2.75) is 45.1 Å². The van der Waals surface area contributed by atoms with Crippen LogP contribution >= 0.6 is 0 Å². The van der Waals surface area contributed by atoms with E-state index in [1.165, 1.54) is 32.1 Å². The largest absolute Gasteiger partial charge is 0.342 e. The molecule has 0 bridgehead atoms. The summed E-state index contributed by atoms with van der Waals surface area (Å²) in [5.74, 6) is 0.613. The number of hydrogen-bond acceptors (Lipinski definition) is 3. The van der Waals surface area contributed by atoms with Crippen LogP contribution in [0.5, 0.6) is 0 Å². The third-order valence-electron chi connectivity index (χ3n) is 3.31. The van der Waals surface area contributed by atoms with Crippen molar-refractivity contribution in [3.8, 4) is 6.07 Å². The highest BCUT2D eigenvalue weighted by molar-refractivity contribution is 5.78. The number of nitrogens with one attached hydrogen (secondary N) is 2. The smallest absolute Gasteiger partial charge is 0.234 e. The number of nitriles is 1. The van der Waals surface area contributed by atoms with Crippen LogP contribution in [0.2, 0.25) is 0 Å². The first-order valence-corrected chi connectivity index (χ1v) is 6.11. The monoisotopic (exact) mass is 223 g/mol. The van der Waals surface area contributed by atoms with Crippen molar-refractivity contribution in [1.82, 2.24) is 10.6 Å². The van der Waals surface area contributed by atoms with E-state index in [9.17, 15) is 4.79 Å². The van der Waals surface area contributed by atoms with Gasteiger partial charge in [-0.25, -0.2) is 0 Å². The first-order valence-electron chi connectivity index (χ1n) is 6.11. The average molecular weight is 223 g/mol. The molecular weight excluding hydrogens is 202 g/mol. The summed E-state index contributed by atoms with van der Waals surface area (Å²) in [4.78, 5) is 11.3. The second kappa shape index (κ2) is 7.24. The topological polar surface area (TPSA) is 64.9 Å². The second-order valence-corrected chi connectivity index (χ2v) is 4.50. The van der Waals surface area contributed by atoms with E-state index in [2.05, 4.69) is 17.6 Å². The average Bonchev–Trinajstić information content (AvgIpc) is 2.34. The second-order valence-electron chi connectivity index (χ2n) is 4.50. The number of hydrogen-bond donors (Lipinski definition) is 2. The van der Waals surface area contributed by atoms with Crippen LogP contribution in [0.3, 0.4) is 0 Å². The molecule has 16 heavy (non-hydrogen) atoms. The van der Waals surface area contributed by atoms with Gasteiger partial charge >= 0.3 is 0 Å². The summed E-state index contributed by atoms with van der Waals surface area (Å²) >= 11 is 0. The highest BCUT2D eigenvalue weighted by atomic mass is 16.1. The fraction of sp³-hybridized carbons (Fsp3) is 0.833. The molecule has 1 aliphatic carbocycles. The number of amides is 1. The number of carbonyl (C=O) groups is 1. The van der Waals surface area contributed by atoms with Crippen LogP contribution in [0.25, 0.3) is 0 Å². The molecule has 1 fully saturated rings. The SMILES string of the molecule is CC(NCC(=O)NCC#N)C1CCCCC1. The Morgan fingerprint density at radius 2 is 2.12 bits per heavy atom. The molecule has 1 saturated carbocycles. The van der Waals surface area contributed by atoms with Gasteiger partial charge in [0, 0.05) is 6.04 Å². The Morgan fingerprint density at radius 1 is 1.44 bits per heavy atom. The van der Waals surface area contributed by atoms with E-state index in [1.807, 2.05) is 6.07 Å². The summed E-state index contributed by atoms with van der Waals surface area (Å²) in [5.41, 5.74) is 0. The van der Waals surface area contributed by atoms with Crippen molar-refractivity contribution >= 4 is 5.91 Å². The van der Waals surface area contributed by atoms with Gasteiger partial charge in [-0.2, -0.15) is 5.26 Å². The van der Waals surface area contributed by atoms with Crippen molar-refractivity contribution in [1.29, 1.82) is 5.26 Å². The predicted molar refractivity (Wildman–Crippen MR) is 62.7 cm³/mol.